The molecular weight excluding hydrogens is 454 g/mol. The molecule has 188 valence electrons. The Balaban J connectivity index is 1.53. The summed E-state index contributed by atoms with van der Waals surface area (Å²) in [6.07, 6.45) is 0. The fraction of sp³-hybridized carbons (Fsp3) is 0.370. The third kappa shape index (κ3) is 4.25. The predicted molar refractivity (Wildman–Crippen MR) is 144 cm³/mol. The van der Waals surface area contributed by atoms with Crippen molar-refractivity contribution in [3.05, 3.63) is 48.5 Å². The number of para-hydroxylation sites is 2. The van der Waals surface area contributed by atoms with Crippen LogP contribution in [0, 0.1) is 0 Å². The van der Waals surface area contributed by atoms with E-state index in [4.69, 9.17) is 30.3 Å². The summed E-state index contributed by atoms with van der Waals surface area (Å²) in [6.45, 7) is 9.45. The number of ether oxygens (including phenoxy) is 2. The van der Waals surface area contributed by atoms with Crippen LogP contribution >= 0.6 is 0 Å². The van der Waals surface area contributed by atoms with Gasteiger partial charge in [0, 0.05) is 31.7 Å². The number of hydrogen-bond donors (Lipinski definition) is 1. The summed E-state index contributed by atoms with van der Waals surface area (Å²) < 4.78 is 12.8. The van der Waals surface area contributed by atoms with Crippen molar-refractivity contribution < 1.29 is 9.47 Å². The predicted octanol–water partition coefficient (Wildman–Crippen LogP) is 4.17. The topological polar surface area (TPSA) is 94.6 Å². The lowest BCUT2D eigenvalue weighted by atomic mass is 10.1. The number of fused-ring (bicyclic) bond motifs is 1. The average Bonchev–Trinajstić information content (AvgIpc) is 3.25. The number of anilines is 3. The van der Waals surface area contributed by atoms with E-state index in [1.54, 1.807) is 14.2 Å². The molecular formula is C27H33N7O2. The summed E-state index contributed by atoms with van der Waals surface area (Å²) in [6, 6.07) is 16.0. The van der Waals surface area contributed by atoms with Gasteiger partial charge in [0.05, 0.1) is 36.5 Å². The van der Waals surface area contributed by atoms with Gasteiger partial charge < -0.3 is 25.0 Å². The molecule has 2 aromatic carbocycles. The van der Waals surface area contributed by atoms with Gasteiger partial charge in [-0.25, -0.2) is 9.67 Å². The van der Waals surface area contributed by atoms with Crippen LogP contribution in [0.1, 0.15) is 20.8 Å². The first-order chi connectivity index (χ1) is 17.3. The van der Waals surface area contributed by atoms with Crippen molar-refractivity contribution in [2.75, 3.05) is 55.9 Å². The maximum atomic E-state index is 6.62. The van der Waals surface area contributed by atoms with Gasteiger partial charge in [-0.15, -0.1) is 5.10 Å². The number of nitrogens with two attached hydrogens (primary N) is 1. The Morgan fingerprint density at radius 1 is 0.833 bits per heavy atom. The monoisotopic (exact) mass is 487 g/mol. The fourth-order valence-electron chi connectivity index (χ4n) is 4.65. The minimum atomic E-state index is -0.289. The van der Waals surface area contributed by atoms with Gasteiger partial charge >= 0.3 is 0 Å². The standard InChI is InChI=1S/C27H33N7O2/c1-27(2,3)34-24(28)22-23(18-10-12-19(35-4)13-11-18)29-26(30-25(22)31-34)33-16-14-32(15-17-33)20-8-6-7-9-21(20)36-5/h6-13H,14-17,28H2,1-5H3. The van der Waals surface area contributed by atoms with Crippen LogP contribution in [0.25, 0.3) is 22.3 Å². The van der Waals surface area contributed by atoms with Gasteiger partial charge in [0.1, 0.15) is 17.3 Å². The van der Waals surface area contributed by atoms with E-state index in [0.29, 0.717) is 17.4 Å². The van der Waals surface area contributed by atoms with Crippen LogP contribution in [0.5, 0.6) is 11.5 Å². The quantitative estimate of drug-likeness (QED) is 0.448. The molecule has 0 atom stereocenters. The van der Waals surface area contributed by atoms with Crippen molar-refractivity contribution >= 4 is 28.5 Å². The van der Waals surface area contributed by atoms with E-state index in [-0.39, 0.29) is 5.54 Å². The van der Waals surface area contributed by atoms with Crippen molar-refractivity contribution in [1.82, 2.24) is 19.7 Å². The highest BCUT2D eigenvalue weighted by Gasteiger charge is 2.27. The molecule has 3 heterocycles. The van der Waals surface area contributed by atoms with Crippen LogP contribution < -0.4 is 25.0 Å². The third-order valence-electron chi connectivity index (χ3n) is 6.54. The minimum absolute atomic E-state index is 0.289. The summed E-state index contributed by atoms with van der Waals surface area (Å²) in [5.41, 5.74) is 9.76. The Bertz CT molecular complexity index is 1370. The van der Waals surface area contributed by atoms with Crippen LogP contribution in [-0.2, 0) is 5.54 Å². The van der Waals surface area contributed by atoms with E-state index in [1.807, 2.05) is 47.1 Å². The number of nitrogen functional groups attached to an aromatic ring is 1. The number of benzene rings is 2. The van der Waals surface area contributed by atoms with Gasteiger partial charge in [0.15, 0.2) is 5.65 Å². The molecule has 1 aliphatic rings. The molecule has 2 N–H and O–H groups in total. The number of aromatic nitrogens is 4. The third-order valence-corrected chi connectivity index (χ3v) is 6.54. The van der Waals surface area contributed by atoms with Crippen molar-refractivity contribution in [2.45, 2.75) is 26.3 Å². The second-order valence-electron chi connectivity index (χ2n) is 9.91. The molecule has 0 amide bonds. The normalized spacial score (nSPS) is 14.4. The summed E-state index contributed by atoms with van der Waals surface area (Å²) >= 11 is 0. The van der Waals surface area contributed by atoms with Gasteiger partial charge in [-0.2, -0.15) is 4.98 Å². The van der Waals surface area contributed by atoms with Crippen LogP contribution in [0.2, 0.25) is 0 Å². The smallest absolute Gasteiger partial charge is 0.228 e. The second-order valence-corrected chi connectivity index (χ2v) is 9.91. The summed E-state index contributed by atoms with van der Waals surface area (Å²) in [7, 11) is 3.37. The zero-order valence-corrected chi connectivity index (χ0v) is 21.5. The Kier molecular flexibility index (Phi) is 6.07. The SMILES string of the molecule is COc1ccc(-c2nc(N3CCN(c4ccccc4OC)CC3)nc3nn(C(C)(C)C)c(N)c23)cc1. The maximum absolute atomic E-state index is 6.62. The Morgan fingerprint density at radius 2 is 1.50 bits per heavy atom. The van der Waals surface area contributed by atoms with Gasteiger partial charge in [-0.3, -0.25) is 0 Å². The van der Waals surface area contributed by atoms with Crippen molar-refractivity contribution in [1.29, 1.82) is 0 Å². The van der Waals surface area contributed by atoms with Gasteiger partial charge in [0.25, 0.3) is 0 Å². The van der Waals surface area contributed by atoms with E-state index in [0.717, 1.165) is 60.0 Å². The number of nitrogens with zero attached hydrogens (tertiary/aromatic N) is 6. The zero-order chi connectivity index (χ0) is 25.4. The lowest BCUT2D eigenvalue weighted by Crippen LogP contribution is -2.47. The highest BCUT2D eigenvalue weighted by atomic mass is 16.5. The molecule has 2 aromatic heterocycles. The lowest BCUT2D eigenvalue weighted by molar-refractivity contribution is 0.364. The first-order valence-corrected chi connectivity index (χ1v) is 12.1. The molecule has 9 heteroatoms. The first-order valence-electron chi connectivity index (χ1n) is 12.1. The molecule has 1 fully saturated rings. The molecule has 36 heavy (non-hydrogen) atoms. The van der Waals surface area contributed by atoms with Crippen LogP contribution in [-0.4, -0.2) is 60.1 Å². The molecule has 0 bridgehead atoms. The van der Waals surface area contributed by atoms with E-state index >= 15 is 0 Å². The fourth-order valence-corrected chi connectivity index (χ4v) is 4.65. The van der Waals surface area contributed by atoms with E-state index in [9.17, 15) is 0 Å². The Morgan fingerprint density at radius 3 is 2.14 bits per heavy atom. The van der Waals surface area contributed by atoms with E-state index in [2.05, 4.69) is 36.6 Å². The highest BCUT2D eigenvalue weighted by molar-refractivity contribution is 5.99. The summed E-state index contributed by atoms with van der Waals surface area (Å²) in [4.78, 5) is 14.5. The van der Waals surface area contributed by atoms with Gasteiger partial charge in [0.2, 0.25) is 5.95 Å². The van der Waals surface area contributed by atoms with Gasteiger partial charge in [-0.1, -0.05) is 12.1 Å². The molecule has 0 radical (unpaired) electrons. The molecule has 0 unspecified atom stereocenters. The molecule has 9 nitrogen and oxygen atoms in total. The van der Waals surface area contributed by atoms with Crippen LogP contribution in [0.15, 0.2) is 48.5 Å². The Labute approximate surface area is 211 Å². The van der Waals surface area contributed by atoms with Crippen molar-refractivity contribution in [2.24, 2.45) is 0 Å². The van der Waals surface area contributed by atoms with E-state index < -0.39 is 0 Å². The molecule has 5 rings (SSSR count). The summed E-state index contributed by atoms with van der Waals surface area (Å²) in [5, 5.41) is 5.58. The minimum Gasteiger partial charge on any atom is -0.497 e. The van der Waals surface area contributed by atoms with Crippen molar-refractivity contribution in [3.63, 3.8) is 0 Å². The molecule has 0 saturated carbocycles. The maximum Gasteiger partial charge on any atom is 0.228 e. The number of piperazine rings is 1. The lowest BCUT2D eigenvalue weighted by Gasteiger charge is -2.36. The average molecular weight is 488 g/mol. The molecule has 0 aliphatic carbocycles. The van der Waals surface area contributed by atoms with Crippen LogP contribution in [0.3, 0.4) is 0 Å². The van der Waals surface area contributed by atoms with E-state index in [1.165, 1.54) is 0 Å². The first kappa shape index (κ1) is 23.7. The number of methoxy groups -OCH3 is 2. The molecule has 1 saturated heterocycles. The van der Waals surface area contributed by atoms with Gasteiger partial charge in [-0.05, 0) is 57.2 Å². The number of hydrogen-bond acceptors (Lipinski definition) is 8. The molecule has 4 aromatic rings. The second kappa shape index (κ2) is 9.22. The highest BCUT2D eigenvalue weighted by Crippen LogP contribution is 2.35. The molecule has 0 spiro atoms. The van der Waals surface area contributed by atoms with Crippen molar-refractivity contribution in [3.8, 4) is 22.8 Å². The van der Waals surface area contributed by atoms with Crippen LogP contribution in [0.4, 0.5) is 17.5 Å². The summed E-state index contributed by atoms with van der Waals surface area (Å²) in [5.74, 6) is 2.89. The molecule has 1 aliphatic heterocycles. The number of rotatable bonds is 5. The Hall–Kier alpha value is -4.01. The largest absolute Gasteiger partial charge is 0.497 e. The zero-order valence-electron chi connectivity index (χ0n) is 21.5.